The van der Waals surface area contributed by atoms with E-state index < -0.39 is 5.60 Å². The van der Waals surface area contributed by atoms with E-state index in [9.17, 15) is 9.50 Å². The summed E-state index contributed by atoms with van der Waals surface area (Å²) in [6.45, 7) is 8.23. The van der Waals surface area contributed by atoms with Crippen molar-refractivity contribution in [2.24, 2.45) is 0 Å². The minimum Gasteiger partial charge on any atom is -0.389 e. The van der Waals surface area contributed by atoms with Gasteiger partial charge in [-0.2, -0.15) is 0 Å². The van der Waals surface area contributed by atoms with Gasteiger partial charge in [-0.1, -0.05) is 0 Å². The summed E-state index contributed by atoms with van der Waals surface area (Å²) in [6.07, 6.45) is 1.47. The standard InChI is InChI=1S/C14H25FN2O2/c1-13(2,18)9-16-4-5-17-8-12(7-15)6-14(17,10-16)11-19-3/h7,18H,4-6,8-11H2,1-3H3/b12-7+/t14-/m1/s1. The van der Waals surface area contributed by atoms with Gasteiger partial charge in [0.25, 0.3) is 0 Å². The van der Waals surface area contributed by atoms with Crippen molar-refractivity contribution < 1.29 is 14.2 Å². The molecule has 110 valence electrons. The van der Waals surface area contributed by atoms with Crippen LogP contribution in [0.2, 0.25) is 0 Å². The number of rotatable bonds is 4. The van der Waals surface area contributed by atoms with Crippen molar-refractivity contribution in [1.29, 1.82) is 0 Å². The highest BCUT2D eigenvalue weighted by Crippen LogP contribution is 2.36. The summed E-state index contributed by atoms with van der Waals surface area (Å²) in [5, 5.41) is 9.96. The van der Waals surface area contributed by atoms with Crippen LogP contribution in [0.1, 0.15) is 20.3 Å². The van der Waals surface area contributed by atoms with Gasteiger partial charge >= 0.3 is 0 Å². The van der Waals surface area contributed by atoms with E-state index in [4.69, 9.17) is 4.74 Å². The molecule has 1 N–H and O–H groups in total. The van der Waals surface area contributed by atoms with E-state index in [2.05, 4.69) is 9.80 Å². The van der Waals surface area contributed by atoms with Crippen LogP contribution in [0.3, 0.4) is 0 Å². The van der Waals surface area contributed by atoms with E-state index >= 15 is 0 Å². The average Bonchev–Trinajstić information content (AvgIpc) is 2.65. The van der Waals surface area contributed by atoms with Crippen molar-refractivity contribution in [2.75, 3.05) is 46.4 Å². The minimum atomic E-state index is -0.701. The van der Waals surface area contributed by atoms with Crippen LogP contribution in [0.25, 0.3) is 0 Å². The summed E-state index contributed by atoms with van der Waals surface area (Å²) in [5.74, 6) is 0. The molecule has 0 aromatic heterocycles. The number of hydrogen-bond donors (Lipinski definition) is 1. The van der Waals surface area contributed by atoms with Crippen LogP contribution in [0.5, 0.6) is 0 Å². The lowest BCUT2D eigenvalue weighted by Crippen LogP contribution is -2.62. The maximum absolute atomic E-state index is 12.8. The molecule has 0 radical (unpaired) electrons. The van der Waals surface area contributed by atoms with E-state index in [0.29, 0.717) is 19.7 Å². The molecular weight excluding hydrogens is 247 g/mol. The molecule has 2 rings (SSSR count). The highest BCUT2D eigenvalue weighted by molar-refractivity contribution is 5.19. The predicted octanol–water partition coefficient (Wildman–Crippen LogP) is 1.02. The van der Waals surface area contributed by atoms with Crippen LogP contribution < -0.4 is 0 Å². The lowest BCUT2D eigenvalue weighted by Gasteiger charge is -2.47. The Hall–Kier alpha value is -0.490. The topological polar surface area (TPSA) is 35.9 Å². The number of nitrogens with zero attached hydrogens (tertiary/aromatic N) is 2. The summed E-state index contributed by atoms with van der Waals surface area (Å²) in [5.41, 5.74) is 0.0198. The lowest BCUT2D eigenvalue weighted by atomic mass is 9.92. The number of aliphatic hydroxyl groups is 1. The van der Waals surface area contributed by atoms with Crippen LogP contribution in [-0.4, -0.2) is 72.5 Å². The van der Waals surface area contributed by atoms with Gasteiger partial charge in [0.05, 0.1) is 24.1 Å². The molecule has 1 atom stereocenters. The van der Waals surface area contributed by atoms with Gasteiger partial charge in [-0.15, -0.1) is 0 Å². The average molecular weight is 272 g/mol. The second-order valence-corrected chi connectivity index (χ2v) is 6.55. The number of piperazine rings is 1. The Labute approximate surface area is 114 Å². The third-order valence-corrected chi connectivity index (χ3v) is 4.00. The van der Waals surface area contributed by atoms with Gasteiger partial charge in [0, 0.05) is 39.8 Å². The molecule has 2 aliphatic heterocycles. The molecule has 0 bridgehead atoms. The maximum Gasteiger partial charge on any atom is 0.0872 e. The highest BCUT2D eigenvalue weighted by atomic mass is 19.1. The minimum absolute atomic E-state index is 0.129. The Balaban J connectivity index is 2.11. The molecular formula is C14H25FN2O2. The number of β-amino-alcohol motifs (C(OH)–C–C–N with tert-alkyl or cyclic N) is 1. The third kappa shape index (κ3) is 3.34. The monoisotopic (exact) mass is 272 g/mol. The van der Waals surface area contributed by atoms with Crippen molar-refractivity contribution in [1.82, 2.24) is 9.80 Å². The summed E-state index contributed by atoms with van der Waals surface area (Å²) >= 11 is 0. The van der Waals surface area contributed by atoms with Crippen molar-refractivity contribution in [3.05, 3.63) is 11.9 Å². The fourth-order valence-corrected chi connectivity index (χ4v) is 3.44. The SMILES string of the molecule is COC[C@]12C/C(=C\F)CN1CCN(CC(C)(C)O)C2. The number of hydrogen-bond acceptors (Lipinski definition) is 4. The molecule has 2 aliphatic rings. The van der Waals surface area contributed by atoms with E-state index in [-0.39, 0.29) is 5.54 Å². The van der Waals surface area contributed by atoms with Crippen LogP contribution in [-0.2, 0) is 4.74 Å². The first-order chi connectivity index (χ1) is 8.88. The normalized spacial score (nSPS) is 31.9. The van der Waals surface area contributed by atoms with Crippen molar-refractivity contribution in [2.45, 2.75) is 31.4 Å². The number of halogens is 1. The van der Waals surface area contributed by atoms with Crippen LogP contribution in [0.15, 0.2) is 11.9 Å². The summed E-state index contributed by atoms with van der Waals surface area (Å²) in [4.78, 5) is 4.58. The first kappa shape index (κ1) is 14.9. The Morgan fingerprint density at radius 1 is 1.47 bits per heavy atom. The Morgan fingerprint density at radius 2 is 2.21 bits per heavy atom. The molecule has 0 aromatic rings. The largest absolute Gasteiger partial charge is 0.389 e. The third-order valence-electron chi connectivity index (χ3n) is 4.00. The molecule has 2 saturated heterocycles. The number of fused-ring (bicyclic) bond motifs is 1. The number of methoxy groups -OCH3 is 1. The second kappa shape index (κ2) is 5.48. The summed E-state index contributed by atoms with van der Waals surface area (Å²) in [6, 6.07) is 0. The number of ether oxygens (including phenoxy) is 1. The van der Waals surface area contributed by atoms with Crippen molar-refractivity contribution in [3.63, 3.8) is 0 Å². The lowest BCUT2D eigenvalue weighted by molar-refractivity contribution is -0.0484. The van der Waals surface area contributed by atoms with Gasteiger partial charge in [0.2, 0.25) is 0 Å². The predicted molar refractivity (Wildman–Crippen MR) is 72.7 cm³/mol. The van der Waals surface area contributed by atoms with Gasteiger partial charge in [0.15, 0.2) is 0 Å². The van der Waals surface area contributed by atoms with Gasteiger partial charge in [0.1, 0.15) is 0 Å². The maximum atomic E-state index is 12.8. The molecule has 0 amide bonds. The quantitative estimate of drug-likeness (QED) is 0.829. The molecule has 0 unspecified atom stereocenters. The van der Waals surface area contributed by atoms with E-state index in [0.717, 1.165) is 38.0 Å². The zero-order valence-electron chi connectivity index (χ0n) is 12.2. The Kier molecular flexibility index (Phi) is 4.30. The van der Waals surface area contributed by atoms with Gasteiger partial charge in [-0.3, -0.25) is 9.80 Å². The fourth-order valence-electron chi connectivity index (χ4n) is 3.44. The smallest absolute Gasteiger partial charge is 0.0872 e. The van der Waals surface area contributed by atoms with Crippen LogP contribution >= 0.6 is 0 Å². The highest BCUT2D eigenvalue weighted by Gasteiger charge is 2.47. The first-order valence-electron chi connectivity index (χ1n) is 6.85. The zero-order valence-corrected chi connectivity index (χ0v) is 12.2. The molecule has 2 fully saturated rings. The van der Waals surface area contributed by atoms with E-state index in [1.54, 1.807) is 7.11 Å². The van der Waals surface area contributed by atoms with Crippen molar-refractivity contribution >= 4 is 0 Å². The Morgan fingerprint density at radius 3 is 2.79 bits per heavy atom. The molecule has 2 heterocycles. The molecule has 19 heavy (non-hydrogen) atoms. The fraction of sp³-hybridized carbons (Fsp3) is 0.857. The zero-order chi connectivity index (χ0) is 14.1. The first-order valence-corrected chi connectivity index (χ1v) is 6.85. The van der Waals surface area contributed by atoms with Crippen LogP contribution in [0.4, 0.5) is 4.39 Å². The van der Waals surface area contributed by atoms with Crippen molar-refractivity contribution in [3.8, 4) is 0 Å². The molecule has 0 spiro atoms. The molecule has 0 saturated carbocycles. The molecule has 4 nitrogen and oxygen atoms in total. The summed E-state index contributed by atoms with van der Waals surface area (Å²) < 4.78 is 18.2. The molecule has 0 aliphatic carbocycles. The van der Waals surface area contributed by atoms with Gasteiger partial charge in [-0.05, 0) is 25.8 Å². The van der Waals surface area contributed by atoms with Gasteiger partial charge < -0.3 is 9.84 Å². The van der Waals surface area contributed by atoms with Gasteiger partial charge in [-0.25, -0.2) is 4.39 Å². The Bertz CT molecular complexity index is 354. The second-order valence-electron chi connectivity index (χ2n) is 6.55. The van der Waals surface area contributed by atoms with E-state index in [1.807, 2.05) is 13.8 Å². The molecule has 0 aromatic carbocycles. The van der Waals surface area contributed by atoms with E-state index in [1.165, 1.54) is 0 Å². The summed E-state index contributed by atoms with van der Waals surface area (Å²) in [7, 11) is 1.69. The molecule has 5 heteroatoms. The van der Waals surface area contributed by atoms with Crippen LogP contribution in [0, 0.1) is 0 Å².